The number of fused-ring (bicyclic) bond motifs is 1. The van der Waals surface area contributed by atoms with E-state index < -0.39 is 0 Å². The SMILES string of the molecule is CC(C)c1ccc(C2c3c(-c4ccccc4)n[nH]c3C(=O)N2C2CCCCC2)cc1. The summed E-state index contributed by atoms with van der Waals surface area (Å²) in [5.41, 5.74) is 6.15. The summed E-state index contributed by atoms with van der Waals surface area (Å²) >= 11 is 0. The molecule has 2 heterocycles. The maximum Gasteiger partial charge on any atom is 0.273 e. The smallest absolute Gasteiger partial charge is 0.273 e. The van der Waals surface area contributed by atoms with Gasteiger partial charge in [0.05, 0.1) is 11.7 Å². The Balaban J connectivity index is 1.64. The van der Waals surface area contributed by atoms with Gasteiger partial charge in [-0.05, 0) is 29.9 Å². The topological polar surface area (TPSA) is 49.0 Å². The molecule has 1 saturated carbocycles. The fourth-order valence-corrected chi connectivity index (χ4v) is 5.11. The van der Waals surface area contributed by atoms with Gasteiger partial charge in [0, 0.05) is 17.2 Å². The number of rotatable bonds is 4. The molecule has 1 aromatic heterocycles. The highest BCUT2D eigenvalue weighted by atomic mass is 16.2. The van der Waals surface area contributed by atoms with E-state index in [-0.39, 0.29) is 11.9 Å². The van der Waals surface area contributed by atoms with Crippen LogP contribution in [0, 0.1) is 0 Å². The van der Waals surface area contributed by atoms with Crippen LogP contribution in [0.5, 0.6) is 0 Å². The predicted molar refractivity (Wildman–Crippen MR) is 119 cm³/mol. The van der Waals surface area contributed by atoms with Crippen molar-refractivity contribution in [3.8, 4) is 11.3 Å². The molecule has 2 aliphatic rings. The van der Waals surface area contributed by atoms with E-state index in [1.165, 1.54) is 30.4 Å². The Labute approximate surface area is 178 Å². The molecule has 0 bridgehead atoms. The third kappa shape index (κ3) is 3.15. The second-order valence-electron chi connectivity index (χ2n) is 8.96. The molecule has 0 spiro atoms. The van der Waals surface area contributed by atoms with Crippen molar-refractivity contribution in [2.75, 3.05) is 0 Å². The number of amides is 1. The average Bonchev–Trinajstić information content (AvgIpc) is 3.34. The summed E-state index contributed by atoms with van der Waals surface area (Å²) < 4.78 is 0. The summed E-state index contributed by atoms with van der Waals surface area (Å²) in [6.07, 6.45) is 5.85. The highest BCUT2D eigenvalue weighted by Gasteiger charge is 2.45. The van der Waals surface area contributed by atoms with E-state index in [1.807, 2.05) is 18.2 Å². The lowest BCUT2D eigenvalue weighted by atomic mass is 9.90. The van der Waals surface area contributed by atoms with Crippen molar-refractivity contribution in [3.63, 3.8) is 0 Å². The summed E-state index contributed by atoms with van der Waals surface area (Å²) in [5.74, 6) is 0.590. The standard InChI is InChI=1S/C26H29N3O/c1-17(2)18-13-15-20(16-14-18)25-22-23(19-9-5-3-6-10-19)27-28-24(22)26(30)29(25)21-11-7-4-8-12-21/h3,5-6,9-10,13-17,21,25H,4,7-8,11-12H2,1-2H3,(H,27,28). The molecular weight excluding hydrogens is 370 g/mol. The van der Waals surface area contributed by atoms with Crippen LogP contribution in [0.25, 0.3) is 11.3 Å². The average molecular weight is 400 g/mol. The molecule has 0 saturated heterocycles. The Bertz CT molecular complexity index is 1030. The van der Waals surface area contributed by atoms with Crippen molar-refractivity contribution < 1.29 is 4.79 Å². The maximum absolute atomic E-state index is 13.6. The van der Waals surface area contributed by atoms with Gasteiger partial charge >= 0.3 is 0 Å². The second-order valence-corrected chi connectivity index (χ2v) is 8.96. The molecule has 30 heavy (non-hydrogen) atoms. The van der Waals surface area contributed by atoms with Crippen molar-refractivity contribution in [1.29, 1.82) is 0 Å². The summed E-state index contributed by atoms with van der Waals surface area (Å²) in [6, 6.07) is 19.3. The Hall–Kier alpha value is -2.88. The number of nitrogens with zero attached hydrogens (tertiary/aromatic N) is 2. The fourth-order valence-electron chi connectivity index (χ4n) is 5.11. The molecule has 4 heteroatoms. The van der Waals surface area contributed by atoms with Crippen LogP contribution >= 0.6 is 0 Å². The third-order valence-corrected chi connectivity index (χ3v) is 6.74. The van der Waals surface area contributed by atoms with E-state index in [9.17, 15) is 4.79 Å². The van der Waals surface area contributed by atoms with Crippen molar-refractivity contribution in [1.82, 2.24) is 15.1 Å². The number of hydrogen-bond donors (Lipinski definition) is 1. The number of hydrogen-bond acceptors (Lipinski definition) is 2. The lowest BCUT2D eigenvalue weighted by Crippen LogP contribution is -2.40. The molecule has 5 rings (SSSR count). The number of benzene rings is 2. The largest absolute Gasteiger partial charge is 0.323 e. The van der Waals surface area contributed by atoms with Gasteiger partial charge in [-0.1, -0.05) is 87.7 Å². The van der Waals surface area contributed by atoms with Gasteiger partial charge in [-0.2, -0.15) is 5.10 Å². The van der Waals surface area contributed by atoms with E-state index in [0.717, 1.165) is 29.7 Å². The normalized spacial score (nSPS) is 19.5. The van der Waals surface area contributed by atoms with E-state index in [4.69, 9.17) is 0 Å². The zero-order valence-corrected chi connectivity index (χ0v) is 17.8. The molecule has 0 radical (unpaired) electrons. The van der Waals surface area contributed by atoms with Gasteiger partial charge in [0.15, 0.2) is 0 Å². The van der Waals surface area contributed by atoms with E-state index >= 15 is 0 Å². The van der Waals surface area contributed by atoms with E-state index in [2.05, 4.69) is 65.3 Å². The van der Waals surface area contributed by atoms with Crippen molar-refractivity contribution in [3.05, 3.63) is 77.0 Å². The van der Waals surface area contributed by atoms with Gasteiger partial charge in [0.2, 0.25) is 0 Å². The first-order valence-corrected chi connectivity index (χ1v) is 11.2. The van der Waals surface area contributed by atoms with Gasteiger partial charge in [-0.25, -0.2) is 0 Å². The first-order valence-electron chi connectivity index (χ1n) is 11.2. The molecule has 1 aliphatic carbocycles. The van der Waals surface area contributed by atoms with Crippen LogP contribution in [0.3, 0.4) is 0 Å². The third-order valence-electron chi connectivity index (χ3n) is 6.74. The summed E-state index contributed by atoms with van der Waals surface area (Å²) in [6.45, 7) is 4.42. The first-order chi connectivity index (χ1) is 14.6. The quantitative estimate of drug-likeness (QED) is 0.578. The minimum atomic E-state index is -0.0780. The van der Waals surface area contributed by atoms with E-state index in [0.29, 0.717) is 17.7 Å². The lowest BCUT2D eigenvalue weighted by molar-refractivity contribution is 0.0606. The number of carbonyl (C=O) groups excluding carboxylic acids is 1. The van der Waals surface area contributed by atoms with Gasteiger partial charge in [0.1, 0.15) is 5.69 Å². The van der Waals surface area contributed by atoms with Gasteiger partial charge in [0.25, 0.3) is 5.91 Å². The molecule has 1 unspecified atom stereocenters. The van der Waals surface area contributed by atoms with Crippen molar-refractivity contribution >= 4 is 5.91 Å². The fraction of sp³-hybridized carbons (Fsp3) is 0.385. The Morgan fingerprint density at radius 2 is 1.67 bits per heavy atom. The first kappa shape index (κ1) is 19.1. The summed E-state index contributed by atoms with van der Waals surface area (Å²) in [5, 5.41) is 7.68. The van der Waals surface area contributed by atoms with Crippen LogP contribution in [-0.2, 0) is 0 Å². The Morgan fingerprint density at radius 3 is 2.33 bits per heavy atom. The zero-order valence-electron chi connectivity index (χ0n) is 17.8. The van der Waals surface area contributed by atoms with E-state index in [1.54, 1.807) is 0 Å². The van der Waals surface area contributed by atoms with Crippen LogP contribution < -0.4 is 0 Å². The number of nitrogens with one attached hydrogen (secondary N) is 1. The monoisotopic (exact) mass is 399 g/mol. The van der Waals surface area contributed by atoms with Gasteiger partial charge < -0.3 is 4.90 Å². The Kier molecular flexibility index (Phi) is 4.93. The molecule has 4 nitrogen and oxygen atoms in total. The number of aromatic amines is 1. The molecule has 1 N–H and O–H groups in total. The minimum Gasteiger partial charge on any atom is -0.323 e. The summed E-state index contributed by atoms with van der Waals surface area (Å²) in [4.78, 5) is 15.7. The molecule has 3 aromatic rings. The molecule has 2 aromatic carbocycles. The minimum absolute atomic E-state index is 0.0780. The van der Waals surface area contributed by atoms with Crippen LogP contribution in [0.15, 0.2) is 54.6 Å². The maximum atomic E-state index is 13.6. The highest BCUT2D eigenvalue weighted by Crippen LogP contribution is 2.45. The Morgan fingerprint density at radius 1 is 0.967 bits per heavy atom. The second kappa shape index (κ2) is 7.75. The molecular formula is C26H29N3O. The lowest BCUT2D eigenvalue weighted by Gasteiger charge is -2.36. The zero-order chi connectivity index (χ0) is 20.7. The van der Waals surface area contributed by atoms with Gasteiger partial charge in [-0.15, -0.1) is 0 Å². The molecule has 1 atom stereocenters. The number of carbonyl (C=O) groups is 1. The van der Waals surface area contributed by atoms with Crippen LogP contribution in [0.2, 0.25) is 0 Å². The van der Waals surface area contributed by atoms with Gasteiger partial charge in [-0.3, -0.25) is 9.89 Å². The summed E-state index contributed by atoms with van der Waals surface area (Å²) in [7, 11) is 0. The van der Waals surface area contributed by atoms with Crippen molar-refractivity contribution in [2.24, 2.45) is 0 Å². The van der Waals surface area contributed by atoms with Crippen molar-refractivity contribution in [2.45, 2.75) is 64.0 Å². The predicted octanol–water partition coefficient (Wildman–Crippen LogP) is 6.08. The molecule has 1 aliphatic heterocycles. The van der Waals surface area contributed by atoms with Crippen LogP contribution in [0.1, 0.15) is 85.1 Å². The van der Waals surface area contributed by atoms with Crippen LogP contribution in [0.4, 0.5) is 0 Å². The molecule has 154 valence electrons. The van der Waals surface area contributed by atoms with Crippen LogP contribution in [-0.4, -0.2) is 27.0 Å². The number of aromatic nitrogens is 2. The molecule has 1 amide bonds. The molecule has 1 fully saturated rings. The highest BCUT2D eigenvalue weighted by molar-refractivity contribution is 6.00. The number of H-pyrrole nitrogens is 1.